The van der Waals surface area contributed by atoms with E-state index in [4.69, 9.17) is 16.3 Å². The van der Waals surface area contributed by atoms with Crippen molar-refractivity contribution in [1.82, 2.24) is 4.90 Å². The summed E-state index contributed by atoms with van der Waals surface area (Å²) < 4.78 is 5.44. The van der Waals surface area contributed by atoms with Gasteiger partial charge < -0.3 is 10.1 Å². The minimum absolute atomic E-state index is 0.0812. The zero-order valence-corrected chi connectivity index (χ0v) is 16.0. The first-order valence-corrected chi connectivity index (χ1v) is 8.73. The number of likely N-dealkylation sites (N-methyl/N-ethyl adjacent to an activating group) is 1. The Morgan fingerprint density at radius 1 is 1.20 bits per heavy atom. The molecule has 0 unspecified atom stereocenters. The van der Waals surface area contributed by atoms with Gasteiger partial charge in [-0.3, -0.25) is 9.69 Å². The third-order valence-corrected chi connectivity index (χ3v) is 4.09. The molecule has 0 aliphatic heterocycles. The van der Waals surface area contributed by atoms with Crippen LogP contribution < -0.4 is 10.1 Å². The highest BCUT2D eigenvalue weighted by atomic mass is 35.5. The molecule has 134 valence electrons. The Labute approximate surface area is 154 Å². The van der Waals surface area contributed by atoms with Gasteiger partial charge in [-0.05, 0) is 62.7 Å². The summed E-state index contributed by atoms with van der Waals surface area (Å²) in [5.74, 6) is 0.776. The molecule has 2 aromatic carbocycles. The molecule has 1 amide bonds. The number of carbonyl (C=O) groups excluding carboxylic acids is 1. The molecular weight excluding hydrogens is 336 g/mol. The number of hydrogen-bond donors (Lipinski definition) is 1. The second kappa shape index (κ2) is 8.88. The van der Waals surface area contributed by atoms with Crippen molar-refractivity contribution in [1.29, 1.82) is 0 Å². The number of halogens is 1. The molecule has 0 saturated carbocycles. The van der Waals surface area contributed by atoms with Crippen LogP contribution in [0.4, 0.5) is 5.69 Å². The van der Waals surface area contributed by atoms with E-state index in [0.29, 0.717) is 23.9 Å². The normalized spacial score (nSPS) is 10.8. The van der Waals surface area contributed by atoms with Crippen LogP contribution in [0.3, 0.4) is 0 Å². The van der Waals surface area contributed by atoms with Gasteiger partial charge in [-0.2, -0.15) is 0 Å². The molecule has 0 fully saturated rings. The minimum atomic E-state index is -0.0812. The van der Waals surface area contributed by atoms with Gasteiger partial charge in [0.1, 0.15) is 5.75 Å². The maximum atomic E-state index is 12.3. The van der Waals surface area contributed by atoms with Crippen LogP contribution in [0, 0.1) is 13.8 Å². The van der Waals surface area contributed by atoms with Crippen molar-refractivity contribution < 1.29 is 9.53 Å². The first-order chi connectivity index (χ1) is 11.9. The van der Waals surface area contributed by atoms with Gasteiger partial charge >= 0.3 is 0 Å². The van der Waals surface area contributed by atoms with Crippen molar-refractivity contribution in [2.24, 2.45) is 0 Å². The molecule has 1 N–H and O–H groups in total. The summed E-state index contributed by atoms with van der Waals surface area (Å²) in [6.07, 6.45) is 0. The lowest BCUT2D eigenvalue weighted by Gasteiger charge is -2.18. The van der Waals surface area contributed by atoms with Crippen LogP contribution in [0.25, 0.3) is 0 Å². The van der Waals surface area contributed by atoms with E-state index in [9.17, 15) is 4.79 Å². The van der Waals surface area contributed by atoms with Gasteiger partial charge in [0.15, 0.2) is 0 Å². The van der Waals surface area contributed by atoms with E-state index in [0.717, 1.165) is 22.4 Å². The number of amides is 1. The molecule has 0 aliphatic carbocycles. The lowest BCUT2D eigenvalue weighted by atomic mass is 10.1. The fourth-order valence-corrected chi connectivity index (χ4v) is 3.09. The van der Waals surface area contributed by atoms with Gasteiger partial charge in [0, 0.05) is 6.54 Å². The van der Waals surface area contributed by atoms with Gasteiger partial charge in [-0.1, -0.05) is 29.8 Å². The van der Waals surface area contributed by atoms with E-state index in [2.05, 4.69) is 5.32 Å². The van der Waals surface area contributed by atoms with Crippen LogP contribution in [0.5, 0.6) is 5.75 Å². The Balaban J connectivity index is 1.92. The molecule has 5 heteroatoms. The van der Waals surface area contributed by atoms with Crippen molar-refractivity contribution in [3.8, 4) is 5.75 Å². The molecule has 0 heterocycles. The number of nitrogens with zero attached hydrogens (tertiary/aromatic N) is 1. The number of aryl methyl sites for hydroxylation is 2. The Hall–Kier alpha value is -2.04. The largest absolute Gasteiger partial charge is 0.494 e. The zero-order chi connectivity index (χ0) is 18.4. The topological polar surface area (TPSA) is 41.6 Å². The second-order valence-corrected chi connectivity index (χ2v) is 6.64. The highest BCUT2D eigenvalue weighted by Gasteiger charge is 2.12. The monoisotopic (exact) mass is 360 g/mol. The third kappa shape index (κ3) is 5.76. The first kappa shape index (κ1) is 19.3. The van der Waals surface area contributed by atoms with Crippen molar-refractivity contribution >= 4 is 23.2 Å². The van der Waals surface area contributed by atoms with Crippen LogP contribution in [0.15, 0.2) is 36.4 Å². The average molecular weight is 361 g/mol. The Morgan fingerprint density at radius 2 is 1.88 bits per heavy atom. The number of hydrogen-bond acceptors (Lipinski definition) is 3. The van der Waals surface area contributed by atoms with Crippen LogP contribution in [0.1, 0.15) is 23.6 Å². The molecule has 0 aromatic heterocycles. The standard InChI is InChI=1S/C20H25ClN2O2/c1-5-25-17-8-6-16(7-9-17)12-23(4)13-19(24)22-20-15(3)10-14(2)11-18(20)21/h6-11H,5,12-13H2,1-4H3,(H,22,24). The van der Waals surface area contributed by atoms with Crippen molar-refractivity contribution in [2.75, 3.05) is 25.5 Å². The maximum absolute atomic E-state index is 12.3. The lowest BCUT2D eigenvalue weighted by Crippen LogP contribution is -2.30. The van der Waals surface area contributed by atoms with Gasteiger partial charge in [0.2, 0.25) is 5.91 Å². The lowest BCUT2D eigenvalue weighted by molar-refractivity contribution is -0.117. The Kier molecular flexibility index (Phi) is 6.85. The van der Waals surface area contributed by atoms with E-state index in [1.54, 1.807) is 0 Å². The highest BCUT2D eigenvalue weighted by molar-refractivity contribution is 6.34. The van der Waals surface area contributed by atoms with Gasteiger partial charge in [-0.25, -0.2) is 0 Å². The fraction of sp³-hybridized carbons (Fsp3) is 0.350. The molecule has 2 rings (SSSR count). The quantitative estimate of drug-likeness (QED) is 0.794. The molecule has 4 nitrogen and oxygen atoms in total. The molecule has 0 atom stereocenters. The van der Waals surface area contributed by atoms with Crippen LogP contribution in [-0.2, 0) is 11.3 Å². The summed E-state index contributed by atoms with van der Waals surface area (Å²) in [7, 11) is 1.92. The SMILES string of the molecule is CCOc1ccc(CN(C)CC(=O)Nc2c(C)cc(C)cc2Cl)cc1. The van der Waals surface area contributed by atoms with E-state index < -0.39 is 0 Å². The van der Waals surface area contributed by atoms with Crippen LogP contribution in [0.2, 0.25) is 5.02 Å². The van der Waals surface area contributed by atoms with Crippen molar-refractivity contribution in [3.63, 3.8) is 0 Å². The van der Waals surface area contributed by atoms with E-state index in [1.807, 2.05) is 69.1 Å². The van der Waals surface area contributed by atoms with E-state index in [1.165, 1.54) is 0 Å². The summed E-state index contributed by atoms with van der Waals surface area (Å²) >= 11 is 6.25. The zero-order valence-electron chi connectivity index (χ0n) is 15.2. The van der Waals surface area contributed by atoms with Gasteiger partial charge in [0.25, 0.3) is 0 Å². The first-order valence-electron chi connectivity index (χ1n) is 8.36. The molecule has 0 radical (unpaired) electrons. The number of anilines is 1. The molecule has 25 heavy (non-hydrogen) atoms. The van der Waals surface area contributed by atoms with Crippen LogP contribution in [-0.4, -0.2) is 31.0 Å². The summed E-state index contributed by atoms with van der Waals surface area (Å²) in [6, 6.07) is 11.8. The molecular formula is C20H25ClN2O2. The minimum Gasteiger partial charge on any atom is -0.494 e. The summed E-state index contributed by atoms with van der Waals surface area (Å²) in [5.41, 5.74) is 3.86. The Bertz CT molecular complexity index is 706. The van der Waals surface area contributed by atoms with Crippen molar-refractivity contribution in [3.05, 3.63) is 58.1 Å². The maximum Gasteiger partial charge on any atom is 0.238 e. The predicted octanol–water partition coefficient (Wildman–Crippen LogP) is 4.43. The fourth-order valence-electron chi connectivity index (χ4n) is 2.72. The average Bonchev–Trinajstić information content (AvgIpc) is 2.53. The van der Waals surface area contributed by atoms with Gasteiger partial charge in [-0.15, -0.1) is 0 Å². The molecule has 0 saturated heterocycles. The molecule has 2 aromatic rings. The molecule has 0 spiro atoms. The molecule has 0 bridgehead atoms. The molecule has 0 aliphatic rings. The van der Waals surface area contributed by atoms with E-state index in [-0.39, 0.29) is 12.5 Å². The van der Waals surface area contributed by atoms with E-state index >= 15 is 0 Å². The van der Waals surface area contributed by atoms with Crippen LogP contribution >= 0.6 is 11.6 Å². The van der Waals surface area contributed by atoms with Gasteiger partial charge in [0.05, 0.1) is 23.9 Å². The summed E-state index contributed by atoms with van der Waals surface area (Å²) in [5, 5.41) is 3.49. The Morgan fingerprint density at radius 3 is 2.48 bits per heavy atom. The number of ether oxygens (including phenoxy) is 1. The highest BCUT2D eigenvalue weighted by Crippen LogP contribution is 2.27. The number of rotatable bonds is 7. The second-order valence-electron chi connectivity index (χ2n) is 6.24. The van der Waals surface area contributed by atoms with Crippen molar-refractivity contribution in [2.45, 2.75) is 27.3 Å². The number of carbonyl (C=O) groups is 1. The summed E-state index contributed by atoms with van der Waals surface area (Å²) in [4.78, 5) is 14.3. The third-order valence-electron chi connectivity index (χ3n) is 3.80. The predicted molar refractivity (Wildman–Crippen MR) is 104 cm³/mol. The summed E-state index contributed by atoms with van der Waals surface area (Å²) in [6.45, 7) is 7.51. The number of benzene rings is 2. The smallest absolute Gasteiger partial charge is 0.238 e. The number of nitrogens with one attached hydrogen (secondary N) is 1.